The average molecular weight is 485 g/mol. The molecule has 0 aliphatic carbocycles. The van der Waals surface area contributed by atoms with E-state index in [1.54, 1.807) is 38.7 Å². The van der Waals surface area contributed by atoms with Crippen molar-refractivity contribution >= 4 is 22.9 Å². The van der Waals surface area contributed by atoms with Crippen LogP contribution in [0.15, 0.2) is 72.8 Å². The second kappa shape index (κ2) is 10.8. The van der Waals surface area contributed by atoms with Crippen LogP contribution in [0.3, 0.4) is 0 Å². The first-order chi connectivity index (χ1) is 17.1. The van der Waals surface area contributed by atoms with Crippen LogP contribution >= 0.6 is 11.3 Å². The predicted molar refractivity (Wildman–Crippen MR) is 140 cm³/mol. The van der Waals surface area contributed by atoms with E-state index in [1.807, 2.05) is 66.7 Å². The van der Waals surface area contributed by atoms with Gasteiger partial charge in [0.2, 0.25) is 12.3 Å². The van der Waals surface area contributed by atoms with E-state index >= 15 is 0 Å². The lowest BCUT2D eigenvalue weighted by Crippen LogP contribution is -2.12. The van der Waals surface area contributed by atoms with Gasteiger partial charge >= 0.3 is 0 Å². The third-order valence-electron chi connectivity index (χ3n) is 5.48. The lowest BCUT2D eigenvalue weighted by Gasteiger charge is -2.16. The Morgan fingerprint density at radius 1 is 0.886 bits per heavy atom. The van der Waals surface area contributed by atoms with E-state index in [9.17, 15) is 4.79 Å². The lowest BCUT2D eigenvalue weighted by atomic mass is 10.0. The first-order valence-corrected chi connectivity index (χ1v) is 11.6. The second-order valence-electron chi connectivity index (χ2n) is 7.54. The van der Waals surface area contributed by atoms with Gasteiger partial charge in [-0.05, 0) is 48.0 Å². The van der Waals surface area contributed by atoms with Crippen molar-refractivity contribution in [3.05, 3.63) is 94.7 Å². The molecule has 0 saturated carbocycles. The number of nitrogens with zero attached hydrogens (tertiary/aromatic N) is 1. The molecule has 4 aromatic rings. The molecule has 0 radical (unpaired) electrons. The molecule has 0 atom stereocenters. The molecule has 3 aromatic carbocycles. The predicted octanol–water partition coefficient (Wildman–Crippen LogP) is 6.78. The number of thiophene rings is 1. The van der Waals surface area contributed by atoms with Crippen LogP contribution < -0.4 is 19.5 Å². The Morgan fingerprint density at radius 3 is 2.43 bits per heavy atom. The van der Waals surface area contributed by atoms with Crippen molar-refractivity contribution < 1.29 is 19.0 Å². The topological polar surface area (TPSA) is 61.2 Å². The molecule has 35 heavy (non-hydrogen) atoms. The molecule has 0 saturated heterocycles. The minimum absolute atomic E-state index is 0.225. The van der Waals surface area contributed by atoms with E-state index in [2.05, 4.69) is 10.2 Å². The fourth-order valence-corrected chi connectivity index (χ4v) is 4.82. The van der Waals surface area contributed by atoms with E-state index in [4.69, 9.17) is 20.8 Å². The molecular formula is C28H24N2O4S. The van der Waals surface area contributed by atoms with Gasteiger partial charge in [0, 0.05) is 27.3 Å². The van der Waals surface area contributed by atoms with Gasteiger partial charge in [-0.3, -0.25) is 4.79 Å². The van der Waals surface area contributed by atoms with Crippen LogP contribution in [0.5, 0.6) is 17.2 Å². The van der Waals surface area contributed by atoms with Crippen LogP contribution in [-0.4, -0.2) is 27.2 Å². The standard InChI is InChI=1S/C28H24N2O4S/c1-29-17-20-12-15-25(35-20)22-10-5-6-11-23(22)30-28(31)19-9-7-8-18(16-19)21-13-14-24(32-2)27(34-4)26(21)33-3/h5-16H,17H2,2-4H3,(H,30,31). The number of amides is 1. The van der Waals surface area contributed by atoms with E-state index in [0.29, 0.717) is 35.0 Å². The first kappa shape index (κ1) is 23.9. The van der Waals surface area contributed by atoms with Crippen molar-refractivity contribution in [3.8, 4) is 38.8 Å². The molecule has 0 aliphatic rings. The van der Waals surface area contributed by atoms with Gasteiger partial charge in [-0.15, -0.1) is 11.3 Å². The molecule has 0 fully saturated rings. The fourth-order valence-electron chi connectivity index (χ4n) is 3.84. The summed E-state index contributed by atoms with van der Waals surface area (Å²) in [4.78, 5) is 18.7. The summed E-state index contributed by atoms with van der Waals surface area (Å²) in [6, 6.07) is 22.6. The molecule has 7 heteroatoms. The summed E-state index contributed by atoms with van der Waals surface area (Å²) in [5.74, 6) is 1.36. The molecule has 176 valence electrons. The highest BCUT2D eigenvalue weighted by molar-refractivity contribution is 7.15. The number of nitrogens with one attached hydrogen (secondary N) is 1. The number of anilines is 1. The number of hydrogen-bond donors (Lipinski definition) is 1. The Kier molecular flexibility index (Phi) is 7.34. The number of hydrogen-bond acceptors (Lipinski definition) is 5. The molecule has 6 nitrogen and oxygen atoms in total. The number of methoxy groups -OCH3 is 3. The zero-order chi connectivity index (χ0) is 24.8. The van der Waals surface area contributed by atoms with Gasteiger partial charge in [0.05, 0.1) is 26.2 Å². The first-order valence-electron chi connectivity index (χ1n) is 10.8. The van der Waals surface area contributed by atoms with Gasteiger partial charge in [0.15, 0.2) is 11.5 Å². The zero-order valence-corrected chi connectivity index (χ0v) is 20.4. The van der Waals surface area contributed by atoms with Gasteiger partial charge in [0.1, 0.15) is 0 Å². The zero-order valence-electron chi connectivity index (χ0n) is 19.6. The fraction of sp³-hybridized carbons (Fsp3) is 0.143. The quantitative estimate of drug-likeness (QED) is 0.280. The van der Waals surface area contributed by atoms with Crippen LogP contribution in [0.2, 0.25) is 0 Å². The maximum absolute atomic E-state index is 13.2. The highest BCUT2D eigenvalue weighted by Crippen LogP contribution is 2.44. The van der Waals surface area contributed by atoms with Crippen LogP contribution in [-0.2, 0) is 6.54 Å². The van der Waals surface area contributed by atoms with Gasteiger partial charge in [-0.1, -0.05) is 30.3 Å². The summed E-state index contributed by atoms with van der Waals surface area (Å²) < 4.78 is 16.5. The summed E-state index contributed by atoms with van der Waals surface area (Å²) in [5, 5.41) is 3.05. The third kappa shape index (κ3) is 4.98. The number of benzene rings is 3. The normalized spacial score (nSPS) is 10.3. The molecule has 1 heterocycles. The molecule has 1 aromatic heterocycles. The minimum Gasteiger partial charge on any atom is -0.493 e. The van der Waals surface area contributed by atoms with Crippen molar-refractivity contribution in [2.45, 2.75) is 6.54 Å². The van der Waals surface area contributed by atoms with Crippen molar-refractivity contribution in [3.63, 3.8) is 0 Å². The van der Waals surface area contributed by atoms with Crippen molar-refractivity contribution in [2.75, 3.05) is 26.6 Å². The van der Waals surface area contributed by atoms with Crippen molar-refractivity contribution in [2.24, 2.45) is 0 Å². The van der Waals surface area contributed by atoms with Crippen LogP contribution in [0.1, 0.15) is 15.2 Å². The summed E-state index contributed by atoms with van der Waals surface area (Å²) in [7, 11) is 4.70. The van der Waals surface area contributed by atoms with E-state index in [1.165, 1.54) is 0 Å². The molecule has 1 amide bonds. The van der Waals surface area contributed by atoms with E-state index in [0.717, 1.165) is 26.4 Å². The van der Waals surface area contributed by atoms with Crippen molar-refractivity contribution in [1.82, 2.24) is 0 Å². The van der Waals surface area contributed by atoms with Gasteiger partial charge < -0.3 is 24.4 Å². The summed E-state index contributed by atoms with van der Waals surface area (Å²) in [5.41, 5.74) is 3.73. The molecular weight excluding hydrogens is 460 g/mol. The molecule has 0 aliphatic heterocycles. The van der Waals surface area contributed by atoms with Gasteiger partial charge in [-0.2, -0.15) is 0 Å². The Morgan fingerprint density at radius 2 is 1.69 bits per heavy atom. The minimum atomic E-state index is -0.225. The van der Waals surface area contributed by atoms with Crippen molar-refractivity contribution in [1.29, 1.82) is 0 Å². The number of carbonyl (C=O) groups excluding carboxylic acids is 1. The highest BCUT2D eigenvalue weighted by Gasteiger charge is 2.18. The van der Waals surface area contributed by atoms with Crippen LogP contribution in [0, 0.1) is 6.57 Å². The Hall–Kier alpha value is -4.28. The Labute approximate surface area is 208 Å². The van der Waals surface area contributed by atoms with Crippen LogP contribution in [0.4, 0.5) is 5.69 Å². The van der Waals surface area contributed by atoms with E-state index < -0.39 is 0 Å². The molecule has 4 rings (SSSR count). The number of carbonyl (C=O) groups is 1. The SMILES string of the molecule is [C-]#[N+]Cc1ccc(-c2ccccc2NC(=O)c2cccc(-c3ccc(OC)c(OC)c3OC)c2)s1. The third-order valence-corrected chi connectivity index (χ3v) is 6.58. The van der Waals surface area contributed by atoms with E-state index in [-0.39, 0.29) is 5.91 Å². The second-order valence-corrected chi connectivity index (χ2v) is 8.71. The van der Waals surface area contributed by atoms with Crippen LogP contribution in [0.25, 0.3) is 26.4 Å². The summed E-state index contributed by atoms with van der Waals surface area (Å²) >= 11 is 1.56. The number of para-hydroxylation sites is 1. The van der Waals surface area contributed by atoms with Gasteiger partial charge in [-0.25, -0.2) is 6.57 Å². The molecule has 0 bridgehead atoms. The lowest BCUT2D eigenvalue weighted by molar-refractivity contribution is 0.102. The summed E-state index contributed by atoms with van der Waals surface area (Å²) in [6.07, 6.45) is 0. The Bertz CT molecular complexity index is 1400. The summed E-state index contributed by atoms with van der Waals surface area (Å²) in [6.45, 7) is 7.44. The number of ether oxygens (including phenoxy) is 3. The largest absolute Gasteiger partial charge is 0.493 e. The maximum atomic E-state index is 13.2. The highest BCUT2D eigenvalue weighted by atomic mass is 32.1. The molecule has 0 unspecified atom stereocenters. The monoisotopic (exact) mass is 484 g/mol. The number of rotatable bonds is 8. The smallest absolute Gasteiger partial charge is 0.255 e. The maximum Gasteiger partial charge on any atom is 0.255 e. The van der Waals surface area contributed by atoms with Gasteiger partial charge in [0.25, 0.3) is 5.91 Å². The molecule has 0 spiro atoms. The molecule has 1 N–H and O–H groups in total. The Balaban J connectivity index is 1.65. The average Bonchev–Trinajstić information content (AvgIpc) is 3.36.